The molecule has 1 N–H and O–H groups in total. The van der Waals surface area contributed by atoms with Gasteiger partial charge < -0.3 is 10.2 Å². The Morgan fingerprint density at radius 1 is 0.964 bits per heavy atom. The predicted molar refractivity (Wildman–Crippen MR) is 112 cm³/mol. The van der Waals surface area contributed by atoms with E-state index in [-0.39, 0.29) is 11.8 Å². The smallest absolute Gasteiger partial charge is 0.316 e. The lowest BCUT2D eigenvalue weighted by Crippen LogP contribution is -2.35. The average molecular weight is 374 g/mol. The quantitative estimate of drug-likeness (QED) is 0.567. The standard InChI is InChI=1S/C24H23FN2O/c1-19(15-20-9-4-2-5-10-20)17-27(18-21-11-6-3-7-12-21)24(28)26-23-14-8-13-22(25)16-23/h2-16H,17-18H2,1H3,(H,26,28)/b19-15+. The number of nitrogens with zero attached hydrogens (tertiary/aromatic N) is 1. The molecule has 28 heavy (non-hydrogen) atoms. The van der Waals surface area contributed by atoms with Gasteiger partial charge in [-0.3, -0.25) is 0 Å². The summed E-state index contributed by atoms with van der Waals surface area (Å²) >= 11 is 0. The van der Waals surface area contributed by atoms with Crippen molar-refractivity contribution in [3.8, 4) is 0 Å². The molecule has 0 heterocycles. The fourth-order valence-electron chi connectivity index (χ4n) is 2.95. The molecule has 3 rings (SSSR count). The highest BCUT2D eigenvalue weighted by Gasteiger charge is 2.15. The first-order valence-corrected chi connectivity index (χ1v) is 9.18. The van der Waals surface area contributed by atoms with Crippen molar-refractivity contribution in [3.63, 3.8) is 0 Å². The van der Waals surface area contributed by atoms with Gasteiger partial charge in [0, 0.05) is 18.8 Å². The molecule has 0 aliphatic carbocycles. The number of nitrogens with one attached hydrogen (secondary N) is 1. The number of carbonyl (C=O) groups is 1. The Balaban J connectivity index is 1.78. The molecule has 142 valence electrons. The van der Waals surface area contributed by atoms with E-state index in [1.165, 1.54) is 12.1 Å². The van der Waals surface area contributed by atoms with Crippen molar-refractivity contribution in [2.75, 3.05) is 11.9 Å². The Bertz CT molecular complexity index is 939. The van der Waals surface area contributed by atoms with Gasteiger partial charge in [-0.15, -0.1) is 0 Å². The van der Waals surface area contributed by atoms with Crippen LogP contribution in [0.15, 0.2) is 90.5 Å². The summed E-state index contributed by atoms with van der Waals surface area (Å²) in [6.07, 6.45) is 2.06. The highest BCUT2D eigenvalue weighted by Crippen LogP contribution is 2.14. The summed E-state index contributed by atoms with van der Waals surface area (Å²) in [6, 6.07) is 25.5. The maximum absolute atomic E-state index is 13.4. The zero-order chi connectivity index (χ0) is 19.8. The number of anilines is 1. The van der Waals surface area contributed by atoms with E-state index in [4.69, 9.17) is 0 Å². The molecule has 0 unspecified atom stereocenters. The molecular formula is C24H23FN2O. The van der Waals surface area contributed by atoms with E-state index in [0.29, 0.717) is 18.8 Å². The first-order valence-electron chi connectivity index (χ1n) is 9.18. The first kappa shape index (κ1) is 19.4. The lowest BCUT2D eigenvalue weighted by atomic mass is 10.1. The van der Waals surface area contributed by atoms with E-state index in [9.17, 15) is 9.18 Å². The van der Waals surface area contributed by atoms with Gasteiger partial charge in [0.2, 0.25) is 0 Å². The van der Waals surface area contributed by atoms with Crippen molar-refractivity contribution in [2.24, 2.45) is 0 Å². The molecule has 0 saturated carbocycles. The number of amides is 2. The van der Waals surface area contributed by atoms with E-state index in [0.717, 1.165) is 16.7 Å². The Kier molecular flexibility index (Phi) is 6.58. The molecule has 0 aromatic heterocycles. The molecule has 3 nitrogen and oxygen atoms in total. The minimum absolute atomic E-state index is 0.268. The van der Waals surface area contributed by atoms with Gasteiger partial charge in [0.15, 0.2) is 0 Å². The van der Waals surface area contributed by atoms with E-state index >= 15 is 0 Å². The molecule has 0 aliphatic heterocycles. The van der Waals surface area contributed by atoms with Gasteiger partial charge in [-0.25, -0.2) is 9.18 Å². The fraction of sp³-hybridized carbons (Fsp3) is 0.125. The SMILES string of the molecule is C/C(=C\c1ccccc1)CN(Cc1ccccc1)C(=O)Nc1cccc(F)c1. The molecule has 0 fully saturated rings. The molecule has 0 aliphatic rings. The van der Waals surface area contributed by atoms with Crippen LogP contribution in [0.25, 0.3) is 6.08 Å². The maximum atomic E-state index is 13.4. The normalized spacial score (nSPS) is 11.1. The van der Waals surface area contributed by atoms with Crippen LogP contribution in [0.5, 0.6) is 0 Å². The maximum Gasteiger partial charge on any atom is 0.322 e. The summed E-state index contributed by atoms with van der Waals surface area (Å²) < 4.78 is 13.4. The highest BCUT2D eigenvalue weighted by atomic mass is 19.1. The van der Waals surface area contributed by atoms with Crippen LogP contribution < -0.4 is 5.32 Å². The third-order valence-electron chi connectivity index (χ3n) is 4.23. The minimum atomic E-state index is -0.382. The van der Waals surface area contributed by atoms with Crippen molar-refractivity contribution < 1.29 is 9.18 Å². The monoisotopic (exact) mass is 374 g/mol. The summed E-state index contributed by atoms with van der Waals surface area (Å²) in [7, 11) is 0. The van der Waals surface area contributed by atoms with Crippen LogP contribution in [0.3, 0.4) is 0 Å². The van der Waals surface area contributed by atoms with Gasteiger partial charge in [0.05, 0.1) is 0 Å². The van der Waals surface area contributed by atoms with Crippen LogP contribution in [0.1, 0.15) is 18.1 Å². The molecule has 0 bridgehead atoms. The number of carbonyl (C=O) groups excluding carboxylic acids is 1. The molecule has 0 saturated heterocycles. The largest absolute Gasteiger partial charge is 0.322 e. The number of hydrogen-bond acceptors (Lipinski definition) is 1. The molecule has 0 spiro atoms. The van der Waals surface area contributed by atoms with E-state index in [2.05, 4.69) is 11.4 Å². The Morgan fingerprint density at radius 3 is 2.32 bits per heavy atom. The van der Waals surface area contributed by atoms with Crippen molar-refractivity contribution in [2.45, 2.75) is 13.5 Å². The van der Waals surface area contributed by atoms with Crippen molar-refractivity contribution >= 4 is 17.8 Å². The average Bonchev–Trinajstić information content (AvgIpc) is 2.69. The number of urea groups is 1. The predicted octanol–water partition coefficient (Wildman–Crippen LogP) is 5.96. The van der Waals surface area contributed by atoms with Crippen LogP contribution in [0.2, 0.25) is 0 Å². The van der Waals surface area contributed by atoms with Crippen LogP contribution in [-0.4, -0.2) is 17.5 Å². The third kappa shape index (κ3) is 5.81. The highest BCUT2D eigenvalue weighted by molar-refractivity contribution is 5.89. The van der Waals surface area contributed by atoms with Gasteiger partial charge in [-0.05, 0) is 36.2 Å². The molecular weight excluding hydrogens is 351 g/mol. The Labute approximate surface area is 165 Å². The van der Waals surface area contributed by atoms with Gasteiger partial charge in [0.1, 0.15) is 5.82 Å². The van der Waals surface area contributed by atoms with Crippen molar-refractivity contribution in [1.82, 2.24) is 4.90 Å². The molecule has 4 heteroatoms. The molecule has 0 radical (unpaired) electrons. The topological polar surface area (TPSA) is 32.3 Å². The van der Waals surface area contributed by atoms with Crippen LogP contribution in [0, 0.1) is 5.82 Å². The summed E-state index contributed by atoms with van der Waals surface area (Å²) in [5, 5.41) is 2.79. The van der Waals surface area contributed by atoms with Crippen LogP contribution >= 0.6 is 0 Å². The molecule has 0 atom stereocenters. The van der Waals surface area contributed by atoms with Crippen LogP contribution in [-0.2, 0) is 6.54 Å². The number of halogens is 1. The van der Waals surface area contributed by atoms with E-state index in [1.54, 1.807) is 17.0 Å². The third-order valence-corrected chi connectivity index (χ3v) is 4.23. The van der Waals surface area contributed by atoms with Crippen molar-refractivity contribution in [3.05, 3.63) is 107 Å². The molecule has 3 aromatic rings. The lowest BCUT2D eigenvalue weighted by molar-refractivity contribution is 0.214. The fourth-order valence-corrected chi connectivity index (χ4v) is 2.95. The zero-order valence-electron chi connectivity index (χ0n) is 15.8. The summed E-state index contributed by atoms with van der Waals surface area (Å²) in [6.45, 7) is 2.92. The summed E-state index contributed by atoms with van der Waals surface area (Å²) in [4.78, 5) is 14.6. The first-order chi connectivity index (χ1) is 13.6. The number of hydrogen-bond donors (Lipinski definition) is 1. The minimum Gasteiger partial charge on any atom is -0.316 e. The second-order valence-corrected chi connectivity index (χ2v) is 6.68. The Morgan fingerprint density at radius 2 is 1.64 bits per heavy atom. The molecule has 2 amide bonds. The van der Waals surface area contributed by atoms with E-state index in [1.807, 2.05) is 67.6 Å². The Hall–Kier alpha value is -3.40. The summed E-state index contributed by atoms with van der Waals surface area (Å²) in [5.74, 6) is -0.382. The van der Waals surface area contributed by atoms with Crippen LogP contribution in [0.4, 0.5) is 14.9 Å². The second kappa shape index (κ2) is 9.51. The van der Waals surface area contributed by atoms with Gasteiger partial charge in [-0.2, -0.15) is 0 Å². The van der Waals surface area contributed by atoms with Gasteiger partial charge in [0.25, 0.3) is 0 Å². The zero-order valence-corrected chi connectivity index (χ0v) is 15.8. The number of rotatable bonds is 6. The molecule has 3 aromatic carbocycles. The van der Waals surface area contributed by atoms with Crippen molar-refractivity contribution in [1.29, 1.82) is 0 Å². The number of benzene rings is 3. The second-order valence-electron chi connectivity index (χ2n) is 6.68. The lowest BCUT2D eigenvalue weighted by Gasteiger charge is -2.24. The van der Waals surface area contributed by atoms with E-state index < -0.39 is 0 Å². The summed E-state index contributed by atoms with van der Waals surface area (Å²) in [5.41, 5.74) is 3.61. The van der Waals surface area contributed by atoms with Gasteiger partial charge >= 0.3 is 6.03 Å². The van der Waals surface area contributed by atoms with Gasteiger partial charge in [-0.1, -0.05) is 78.4 Å².